The number of hydrogen-bond acceptors (Lipinski definition) is 4. The lowest BCUT2D eigenvalue weighted by atomic mass is 9.74. The third kappa shape index (κ3) is 4.40. The van der Waals surface area contributed by atoms with E-state index < -0.39 is 10.0 Å². The van der Waals surface area contributed by atoms with Gasteiger partial charge in [0.15, 0.2) is 0 Å². The summed E-state index contributed by atoms with van der Waals surface area (Å²) in [6.07, 6.45) is 1.07. The van der Waals surface area contributed by atoms with Crippen molar-refractivity contribution in [3.8, 4) is 0 Å². The quantitative estimate of drug-likeness (QED) is 0.535. The van der Waals surface area contributed by atoms with Crippen molar-refractivity contribution in [2.24, 2.45) is 0 Å². The fraction of sp³-hybridized carbons (Fsp3) is 0.296. The van der Waals surface area contributed by atoms with Gasteiger partial charge in [-0.05, 0) is 35.6 Å². The fourth-order valence-electron chi connectivity index (χ4n) is 5.05. The predicted molar refractivity (Wildman–Crippen MR) is 132 cm³/mol. The Kier molecular flexibility index (Phi) is 6.04. The molecule has 34 heavy (non-hydrogen) atoms. The number of anilines is 1. The molecule has 0 bridgehead atoms. The van der Waals surface area contributed by atoms with Gasteiger partial charge in [-0.25, -0.2) is 13.2 Å². The monoisotopic (exact) mass is 476 g/mol. The molecule has 3 aromatic carbocycles. The molecule has 3 aromatic rings. The van der Waals surface area contributed by atoms with Gasteiger partial charge in [0.1, 0.15) is 6.61 Å². The summed E-state index contributed by atoms with van der Waals surface area (Å²) in [5, 5.41) is 0. The van der Waals surface area contributed by atoms with E-state index in [9.17, 15) is 13.2 Å². The number of sulfonamides is 1. The number of carbonyl (C=O) groups is 1. The Morgan fingerprint density at radius 2 is 1.41 bits per heavy atom. The van der Waals surface area contributed by atoms with Crippen LogP contribution in [-0.4, -0.2) is 39.0 Å². The number of nitrogens with zero attached hydrogens (tertiary/aromatic N) is 2. The van der Waals surface area contributed by atoms with Crippen molar-refractivity contribution in [1.29, 1.82) is 0 Å². The van der Waals surface area contributed by atoms with Crippen molar-refractivity contribution in [2.45, 2.75) is 30.6 Å². The van der Waals surface area contributed by atoms with Gasteiger partial charge in [0.2, 0.25) is 10.0 Å². The van der Waals surface area contributed by atoms with E-state index in [1.165, 1.54) is 0 Å². The van der Waals surface area contributed by atoms with E-state index in [2.05, 4.69) is 0 Å². The maximum absolute atomic E-state index is 13.4. The largest absolute Gasteiger partial charge is 0.445 e. The van der Waals surface area contributed by atoms with Gasteiger partial charge < -0.3 is 9.64 Å². The highest BCUT2D eigenvalue weighted by Crippen LogP contribution is 2.48. The molecule has 2 aliphatic heterocycles. The minimum absolute atomic E-state index is 0.0316. The summed E-state index contributed by atoms with van der Waals surface area (Å²) in [5.74, 6) is -0.0316. The van der Waals surface area contributed by atoms with Crippen LogP contribution < -0.4 is 4.31 Å². The maximum atomic E-state index is 13.4. The van der Waals surface area contributed by atoms with Gasteiger partial charge in [-0.1, -0.05) is 78.9 Å². The van der Waals surface area contributed by atoms with Crippen molar-refractivity contribution in [3.63, 3.8) is 0 Å². The lowest BCUT2D eigenvalue weighted by molar-refractivity contribution is 0.0791. The molecule has 0 unspecified atom stereocenters. The molecule has 1 spiro atoms. The number of carbonyl (C=O) groups excluding carboxylic acids is 1. The molecule has 1 saturated heterocycles. The van der Waals surface area contributed by atoms with Crippen LogP contribution in [0.25, 0.3) is 0 Å². The molecule has 7 heteroatoms. The molecule has 0 aliphatic carbocycles. The first-order valence-electron chi connectivity index (χ1n) is 11.6. The van der Waals surface area contributed by atoms with E-state index in [0.717, 1.165) is 22.4 Å². The molecule has 2 aliphatic rings. The Hall–Kier alpha value is -3.32. The van der Waals surface area contributed by atoms with E-state index >= 15 is 0 Å². The summed E-state index contributed by atoms with van der Waals surface area (Å²) in [6, 6.07) is 26.7. The van der Waals surface area contributed by atoms with Crippen LogP contribution in [0.4, 0.5) is 10.5 Å². The highest BCUT2D eigenvalue weighted by molar-refractivity contribution is 7.92. The number of likely N-dealkylation sites (tertiary alicyclic amines) is 1. The van der Waals surface area contributed by atoms with Crippen LogP contribution >= 0.6 is 0 Å². The molecule has 6 nitrogen and oxygen atoms in total. The van der Waals surface area contributed by atoms with E-state index in [0.29, 0.717) is 32.5 Å². The summed E-state index contributed by atoms with van der Waals surface area (Å²) in [4.78, 5) is 14.4. The molecule has 1 fully saturated rings. The van der Waals surface area contributed by atoms with Crippen LogP contribution in [0, 0.1) is 0 Å². The second-order valence-corrected chi connectivity index (χ2v) is 11.0. The summed E-state index contributed by atoms with van der Waals surface area (Å²) >= 11 is 0. The summed E-state index contributed by atoms with van der Waals surface area (Å²) < 4.78 is 33.9. The molecule has 0 radical (unpaired) electrons. The van der Waals surface area contributed by atoms with Gasteiger partial charge in [0.25, 0.3) is 0 Å². The van der Waals surface area contributed by atoms with E-state index in [1.54, 1.807) is 9.21 Å². The zero-order valence-corrected chi connectivity index (χ0v) is 19.8. The molecular formula is C27H28N2O4S. The number of rotatable bonds is 5. The lowest BCUT2D eigenvalue weighted by Crippen LogP contribution is -2.48. The maximum Gasteiger partial charge on any atom is 0.410 e. The predicted octanol–water partition coefficient (Wildman–Crippen LogP) is 4.71. The first-order valence-corrected chi connectivity index (χ1v) is 13.2. The number of ether oxygens (including phenoxy) is 1. The van der Waals surface area contributed by atoms with Crippen LogP contribution in [0.1, 0.15) is 29.5 Å². The first-order chi connectivity index (χ1) is 16.5. The normalized spacial score (nSPS) is 16.9. The average Bonchev–Trinajstić information content (AvgIpc) is 3.19. The number of para-hydroxylation sites is 1. The SMILES string of the molecule is O=C(OCc1ccccc1)N1CCC2(CC1)CN(S(=O)(=O)Cc1ccccc1)c1ccccc12. The minimum atomic E-state index is -3.54. The lowest BCUT2D eigenvalue weighted by Gasteiger charge is -2.39. The van der Waals surface area contributed by atoms with E-state index in [4.69, 9.17) is 4.74 Å². The third-order valence-electron chi connectivity index (χ3n) is 6.90. The average molecular weight is 477 g/mol. The van der Waals surface area contributed by atoms with Gasteiger partial charge in [-0.15, -0.1) is 0 Å². The Bertz CT molecular complexity index is 1250. The Morgan fingerprint density at radius 1 is 0.824 bits per heavy atom. The Balaban J connectivity index is 1.29. The van der Waals surface area contributed by atoms with Crippen molar-refractivity contribution < 1.29 is 17.9 Å². The van der Waals surface area contributed by atoms with Crippen molar-refractivity contribution in [2.75, 3.05) is 23.9 Å². The molecular weight excluding hydrogens is 448 g/mol. The molecule has 0 atom stereocenters. The zero-order chi connectivity index (χ0) is 23.6. The molecule has 176 valence electrons. The molecule has 1 amide bonds. The van der Waals surface area contributed by atoms with Crippen molar-refractivity contribution in [3.05, 3.63) is 102 Å². The number of hydrogen-bond donors (Lipinski definition) is 0. The second kappa shape index (κ2) is 9.14. The topological polar surface area (TPSA) is 66.9 Å². The Labute approximate surface area is 200 Å². The van der Waals surface area contributed by atoms with Crippen LogP contribution in [0.3, 0.4) is 0 Å². The van der Waals surface area contributed by atoms with Crippen molar-refractivity contribution in [1.82, 2.24) is 4.90 Å². The number of amides is 1. The van der Waals surface area contributed by atoms with Crippen LogP contribution in [-0.2, 0) is 32.5 Å². The van der Waals surface area contributed by atoms with Crippen LogP contribution in [0.5, 0.6) is 0 Å². The van der Waals surface area contributed by atoms with Crippen molar-refractivity contribution >= 4 is 21.8 Å². The molecule has 0 saturated carbocycles. The highest BCUT2D eigenvalue weighted by atomic mass is 32.2. The smallest absolute Gasteiger partial charge is 0.410 e. The van der Waals surface area contributed by atoms with Gasteiger partial charge in [0.05, 0.1) is 11.4 Å². The van der Waals surface area contributed by atoms with E-state index in [1.807, 2.05) is 84.9 Å². The number of benzene rings is 3. The van der Waals surface area contributed by atoms with Gasteiger partial charge in [-0.3, -0.25) is 4.31 Å². The highest BCUT2D eigenvalue weighted by Gasteiger charge is 2.48. The van der Waals surface area contributed by atoms with Gasteiger partial charge in [0, 0.05) is 25.0 Å². The molecule has 2 heterocycles. The number of piperidine rings is 1. The molecule has 0 aromatic heterocycles. The number of fused-ring (bicyclic) bond motifs is 2. The fourth-order valence-corrected chi connectivity index (χ4v) is 6.72. The third-order valence-corrected chi connectivity index (χ3v) is 8.60. The Morgan fingerprint density at radius 3 is 2.09 bits per heavy atom. The zero-order valence-electron chi connectivity index (χ0n) is 19.0. The summed E-state index contributed by atoms with van der Waals surface area (Å²) in [5.41, 5.74) is 3.25. The summed E-state index contributed by atoms with van der Waals surface area (Å²) in [6.45, 7) is 1.73. The van der Waals surface area contributed by atoms with E-state index in [-0.39, 0.29) is 23.9 Å². The van der Waals surface area contributed by atoms with Gasteiger partial charge >= 0.3 is 6.09 Å². The van der Waals surface area contributed by atoms with Gasteiger partial charge in [-0.2, -0.15) is 0 Å². The second-order valence-electron chi connectivity index (χ2n) is 9.07. The van der Waals surface area contributed by atoms with Crippen LogP contribution in [0.2, 0.25) is 0 Å². The molecule has 0 N–H and O–H groups in total. The van der Waals surface area contributed by atoms with Crippen LogP contribution in [0.15, 0.2) is 84.9 Å². The molecule has 5 rings (SSSR count). The summed E-state index contributed by atoms with van der Waals surface area (Å²) in [7, 11) is -3.54. The standard InChI is InChI=1S/C27H28N2O4S/c30-26(33-19-22-9-3-1-4-10-22)28-17-15-27(16-18-28)21-29(25-14-8-7-13-24(25)27)34(31,32)20-23-11-5-2-6-12-23/h1-14H,15-21H2. The minimum Gasteiger partial charge on any atom is -0.445 e. The first kappa shape index (κ1) is 22.5.